The molecule has 5 nitrogen and oxygen atoms in total. The van der Waals surface area contributed by atoms with Gasteiger partial charge in [-0.15, -0.1) is 0 Å². The van der Waals surface area contributed by atoms with Crippen molar-refractivity contribution in [2.24, 2.45) is 0 Å². The highest BCUT2D eigenvalue weighted by Gasteiger charge is 2.11. The number of hydrogen-bond acceptors (Lipinski definition) is 3. The Morgan fingerprint density at radius 2 is 1.82 bits per heavy atom. The van der Waals surface area contributed by atoms with Crippen LogP contribution in [0.5, 0.6) is 0 Å². The van der Waals surface area contributed by atoms with Gasteiger partial charge in [-0.05, 0) is 52.2 Å². The van der Waals surface area contributed by atoms with Gasteiger partial charge in [0.25, 0.3) is 5.91 Å². The summed E-state index contributed by atoms with van der Waals surface area (Å²) in [6.07, 6.45) is 1.92. The van der Waals surface area contributed by atoms with Crippen molar-refractivity contribution in [3.8, 4) is 0 Å². The third-order valence-corrected chi connectivity index (χ3v) is 3.82. The third-order valence-electron chi connectivity index (χ3n) is 3.82. The Labute approximate surface area is 132 Å². The molecule has 0 saturated carbocycles. The highest BCUT2D eigenvalue weighted by atomic mass is 16.1. The summed E-state index contributed by atoms with van der Waals surface area (Å²) in [7, 11) is 3.99. The molecule has 22 heavy (non-hydrogen) atoms. The van der Waals surface area contributed by atoms with E-state index in [-0.39, 0.29) is 5.91 Å². The van der Waals surface area contributed by atoms with E-state index in [1.54, 1.807) is 0 Å². The van der Waals surface area contributed by atoms with Gasteiger partial charge in [-0.2, -0.15) is 0 Å². The van der Waals surface area contributed by atoms with Gasteiger partial charge in [0.2, 0.25) is 0 Å². The molecule has 0 atom stereocenters. The summed E-state index contributed by atoms with van der Waals surface area (Å²) in [6, 6.07) is 8.07. The monoisotopic (exact) mass is 302 g/mol. The van der Waals surface area contributed by atoms with Gasteiger partial charge in [-0.1, -0.05) is 0 Å². The first-order valence-corrected chi connectivity index (χ1v) is 7.85. The number of aromatic nitrogens is 1. The van der Waals surface area contributed by atoms with Crippen LogP contribution in [0, 0.1) is 0 Å². The number of anilines is 1. The minimum Gasteiger partial charge on any atom is -0.358 e. The van der Waals surface area contributed by atoms with E-state index in [0.29, 0.717) is 12.1 Å². The lowest BCUT2D eigenvalue weighted by Crippen LogP contribution is -2.31. The fraction of sp³-hybridized carbons (Fsp3) is 0.471. The summed E-state index contributed by atoms with van der Waals surface area (Å²) in [5.74, 6) is 1.10. The van der Waals surface area contributed by atoms with E-state index in [1.165, 1.54) is 0 Å². The molecule has 0 saturated heterocycles. The number of rotatable bonds is 7. The van der Waals surface area contributed by atoms with E-state index in [1.807, 2.05) is 37.3 Å². The molecule has 2 rings (SSSR count). The molecule has 0 bridgehead atoms. The largest absolute Gasteiger partial charge is 0.358 e. The first kappa shape index (κ1) is 16.4. The van der Waals surface area contributed by atoms with Gasteiger partial charge in [0.1, 0.15) is 5.82 Å². The van der Waals surface area contributed by atoms with Crippen molar-refractivity contribution in [3.05, 3.63) is 36.0 Å². The van der Waals surface area contributed by atoms with E-state index in [9.17, 15) is 4.79 Å². The minimum absolute atomic E-state index is 0.0250. The molecular formula is C17H26N4O. The van der Waals surface area contributed by atoms with Crippen LogP contribution >= 0.6 is 0 Å². The van der Waals surface area contributed by atoms with Gasteiger partial charge < -0.3 is 19.5 Å². The topological polar surface area (TPSA) is 40.0 Å². The second kappa shape index (κ2) is 7.31. The Balaban J connectivity index is 2.21. The third kappa shape index (κ3) is 3.60. The van der Waals surface area contributed by atoms with Crippen LogP contribution in [0.3, 0.4) is 0 Å². The fourth-order valence-electron chi connectivity index (χ4n) is 2.52. The Morgan fingerprint density at radius 3 is 2.45 bits per heavy atom. The maximum Gasteiger partial charge on any atom is 0.252 e. The van der Waals surface area contributed by atoms with Crippen LogP contribution in [0.25, 0.3) is 5.52 Å². The lowest BCUT2D eigenvalue weighted by atomic mass is 10.2. The van der Waals surface area contributed by atoms with Gasteiger partial charge in [-0.3, -0.25) is 4.79 Å². The van der Waals surface area contributed by atoms with Crippen molar-refractivity contribution in [3.63, 3.8) is 0 Å². The van der Waals surface area contributed by atoms with Crippen LogP contribution in [-0.4, -0.2) is 55.5 Å². The predicted molar refractivity (Wildman–Crippen MR) is 91.8 cm³/mol. The number of amides is 1. The Morgan fingerprint density at radius 1 is 1.14 bits per heavy atom. The van der Waals surface area contributed by atoms with Gasteiger partial charge >= 0.3 is 0 Å². The lowest BCUT2D eigenvalue weighted by Gasteiger charge is -2.20. The number of fused-ring (bicyclic) bond motifs is 1. The normalized spacial score (nSPS) is 11.1. The number of nitrogens with zero attached hydrogens (tertiary/aromatic N) is 3. The summed E-state index contributed by atoms with van der Waals surface area (Å²) in [4.78, 5) is 16.6. The summed E-state index contributed by atoms with van der Waals surface area (Å²) >= 11 is 0. The van der Waals surface area contributed by atoms with Crippen LogP contribution in [0.15, 0.2) is 30.5 Å². The maximum absolute atomic E-state index is 12.3. The van der Waals surface area contributed by atoms with Crippen molar-refractivity contribution in [2.45, 2.75) is 13.8 Å². The second-order valence-corrected chi connectivity index (χ2v) is 5.64. The predicted octanol–water partition coefficient (Wildman–Crippen LogP) is 2.08. The molecule has 2 heterocycles. The smallest absolute Gasteiger partial charge is 0.252 e. The Bertz CT molecular complexity index is 629. The highest BCUT2D eigenvalue weighted by Crippen LogP contribution is 2.20. The quantitative estimate of drug-likeness (QED) is 0.851. The van der Waals surface area contributed by atoms with Crippen molar-refractivity contribution >= 4 is 17.2 Å². The van der Waals surface area contributed by atoms with E-state index in [2.05, 4.69) is 40.6 Å². The van der Waals surface area contributed by atoms with Crippen molar-refractivity contribution in [1.82, 2.24) is 14.6 Å². The standard InChI is InChI=1S/C17H26N4O/c1-5-20(6-2)16-10-9-15-8-7-14(13-21(15)16)17(22)18-11-12-19(3)4/h7-10,13H,5-6,11-12H2,1-4H3,(H,18,22). The average molecular weight is 302 g/mol. The molecule has 1 N–H and O–H groups in total. The molecule has 5 heteroatoms. The summed E-state index contributed by atoms with van der Waals surface area (Å²) in [5, 5.41) is 2.96. The molecule has 120 valence electrons. The molecule has 0 unspecified atom stereocenters. The number of carbonyl (C=O) groups excluding carboxylic acids is 1. The fourth-order valence-corrected chi connectivity index (χ4v) is 2.52. The number of carbonyl (C=O) groups is 1. The number of likely N-dealkylation sites (N-methyl/N-ethyl adjacent to an activating group) is 1. The average Bonchev–Trinajstić information content (AvgIpc) is 2.91. The van der Waals surface area contributed by atoms with Crippen LogP contribution < -0.4 is 10.2 Å². The minimum atomic E-state index is -0.0250. The van der Waals surface area contributed by atoms with Crippen LogP contribution in [0.2, 0.25) is 0 Å². The van der Waals surface area contributed by atoms with Gasteiger partial charge in [-0.25, -0.2) is 0 Å². The van der Waals surface area contributed by atoms with Crippen LogP contribution in [-0.2, 0) is 0 Å². The lowest BCUT2D eigenvalue weighted by molar-refractivity contribution is 0.0950. The summed E-state index contributed by atoms with van der Waals surface area (Å²) in [6.45, 7) is 7.66. The van der Waals surface area contributed by atoms with Crippen molar-refractivity contribution in [1.29, 1.82) is 0 Å². The molecule has 0 aliphatic carbocycles. The maximum atomic E-state index is 12.3. The Hall–Kier alpha value is -2.01. The Kier molecular flexibility index (Phi) is 5.44. The zero-order chi connectivity index (χ0) is 16.1. The van der Waals surface area contributed by atoms with Crippen LogP contribution in [0.4, 0.5) is 5.82 Å². The SMILES string of the molecule is CCN(CC)c1ccc2ccc(C(=O)NCCN(C)C)cn12. The number of hydrogen-bond donors (Lipinski definition) is 1. The molecular weight excluding hydrogens is 276 g/mol. The zero-order valence-corrected chi connectivity index (χ0v) is 14.0. The molecule has 0 spiro atoms. The second-order valence-electron chi connectivity index (χ2n) is 5.64. The number of pyridine rings is 1. The first-order valence-electron chi connectivity index (χ1n) is 7.85. The van der Waals surface area contributed by atoms with Crippen LogP contribution in [0.1, 0.15) is 24.2 Å². The molecule has 0 fully saturated rings. The molecule has 0 radical (unpaired) electrons. The van der Waals surface area contributed by atoms with E-state index in [4.69, 9.17) is 0 Å². The zero-order valence-electron chi connectivity index (χ0n) is 14.0. The molecule has 1 amide bonds. The van der Waals surface area contributed by atoms with E-state index < -0.39 is 0 Å². The molecule has 2 aromatic rings. The van der Waals surface area contributed by atoms with Crippen molar-refractivity contribution < 1.29 is 4.79 Å². The van der Waals surface area contributed by atoms with E-state index in [0.717, 1.165) is 31.0 Å². The number of nitrogens with one attached hydrogen (secondary N) is 1. The van der Waals surface area contributed by atoms with Crippen molar-refractivity contribution in [2.75, 3.05) is 45.2 Å². The molecule has 0 aliphatic heterocycles. The van der Waals surface area contributed by atoms with Gasteiger partial charge in [0.15, 0.2) is 0 Å². The first-order chi connectivity index (χ1) is 10.6. The molecule has 0 aromatic carbocycles. The van der Waals surface area contributed by atoms with E-state index >= 15 is 0 Å². The summed E-state index contributed by atoms with van der Waals surface area (Å²) < 4.78 is 2.09. The van der Waals surface area contributed by atoms with Gasteiger partial charge in [0.05, 0.1) is 5.56 Å². The molecule has 2 aromatic heterocycles. The highest BCUT2D eigenvalue weighted by molar-refractivity contribution is 5.94. The van der Waals surface area contributed by atoms with Gasteiger partial charge in [0, 0.05) is 37.9 Å². The summed E-state index contributed by atoms with van der Waals surface area (Å²) in [5.41, 5.74) is 1.79. The molecule has 0 aliphatic rings.